The van der Waals surface area contributed by atoms with Crippen LogP contribution >= 0.6 is 0 Å². The van der Waals surface area contributed by atoms with Gasteiger partial charge in [-0.25, -0.2) is 0 Å². The molecule has 7 nitrogen and oxygen atoms in total. The van der Waals surface area contributed by atoms with Gasteiger partial charge in [-0.2, -0.15) is 0 Å². The molecule has 2 aromatic carbocycles. The normalized spacial score (nSPS) is 16.2. The van der Waals surface area contributed by atoms with Gasteiger partial charge in [0.2, 0.25) is 11.8 Å². The Kier molecular flexibility index (Phi) is 7.30. The third kappa shape index (κ3) is 6.12. The number of ether oxygens (including phenoxy) is 1. The first-order chi connectivity index (χ1) is 15.9. The van der Waals surface area contributed by atoms with Gasteiger partial charge in [-0.1, -0.05) is 29.8 Å². The van der Waals surface area contributed by atoms with Crippen molar-refractivity contribution in [2.45, 2.75) is 33.7 Å². The lowest BCUT2D eigenvalue weighted by Crippen LogP contribution is -2.49. The number of hydrogen-bond donors (Lipinski definition) is 2. The lowest BCUT2D eigenvalue weighted by atomic mass is 10.1. The minimum absolute atomic E-state index is 0.0202. The van der Waals surface area contributed by atoms with Crippen molar-refractivity contribution in [2.75, 3.05) is 51.2 Å². The highest BCUT2D eigenvalue weighted by Gasteiger charge is 2.20. The van der Waals surface area contributed by atoms with E-state index in [1.165, 1.54) is 16.7 Å². The molecule has 4 rings (SSSR count). The SMILES string of the molecule is Cc1cc(C)c(NC(=O)CNC(=O)CN2CCN(Cc3ccc4c(c3)CCO4)CC2)c(C)c1. The van der Waals surface area contributed by atoms with Crippen molar-refractivity contribution >= 4 is 17.5 Å². The molecule has 2 amide bonds. The second-order valence-corrected chi connectivity index (χ2v) is 9.19. The number of rotatable bonds is 7. The van der Waals surface area contributed by atoms with E-state index in [1.54, 1.807) is 0 Å². The largest absolute Gasteiger partial charge is 0.493 e. The summed E-state index contributed by atoms with van der Waals surface area (Å²) in [5, 5.41) is 5.68. The summed E-state index contributed by atoms with van der Waals surface area (Å²) in [6.07, 6.45) is 0.994. The Balaban J connectivity index is 1.17. The first-order valence-electron chi connectivity index (χ1n) is 11.7. The van der Waals surface area contributed by atoms with Crippen molar-refractivity contribution in [2.24, 2.45) is 0 Å². The van der Waals surface area contributed by atoms with Crippen molar-refractivity contribution < 1.29 is 14.3 Å². The van der Waals surface area contributed by atoms with Crippen molar-refractivity contribution in [3.05, 3.63) is 58.1 Å². The quantitative estimate of drug-likeness (QED) is 0.678. The zero-order valence-electron chi connectivity index (χ0n) is 19.9. The number of fused-ring (bicyclic) bond motifs is 1. The summed E-state index contributed by atoms with van der Waals surface area (Å²) in [4.78, 5) is 29.3. The number of nitrogens with one attached hydrogen (secondary N) is 2. The minimum Gasteiger partial charge on any atom is -0.493 e. The smallest absolute Gasteiger partial charge is 0.243 e. The van der Waals surface area contributed by atoms with Crippen LogP contribution in [0.5, 0.6) is 5.75 Å². The Morgan fingerprint density at radius 1 is 0.939 bits per heavy atom. The summed E-state index contributed by atoms with van der Waals surface area (Å²) >= 11 is 0. The van der Waals surface area contributed by atoms with Gasteiger partial charge in [0.1, 0.15) is 5.75 Å². The summed E-state index contributed by atoms with van der Waals surface area (Å²) < 4.78 is 5.59. The highest BCUT2D eigenvalue weighted by molar-refractivity contribution is 5.96. The number of aryl methyl sites for hydroxylation is 3. The number of nitrogens with zero attached hydrogens (tertiary/aromatic N) is 2. The molecule has 2 aromatic rings. The molecule has 0 radical (unpaired) electrons. The molecule has 0 spiro atoms. The fraction of sp³-hybridized carbons (Fsp3) is 0.462. The van der Waals surface area contributed by atoms with Crippen LogP contribution in [0.4, 0.5) is 5.69 Å². The van der Waals surface area contributed by atoms with Gasteiger partial charge >= 0.3 is 0 Å². The van der Waals surface area contributed by atoms with Gasteiger partial charge in [-0.3, -0.25) is 19.4 Å². The number of carbonyl (C=O) groups excluding carboxylic acids is 2. The number of benzene rings is 2. The maximum absolute atomic E-state index is 12.4. The molecule has 2 heterocycles. The first-order valence-corrected chi connectivity index (χ1v) is 11.7. The zero-order chi connectivity index (χ0) is 23.4. The summed E-state index contributed by atoms with van der Waals surface area (Å²) in [5.41, 5.74) is 6.66. The van der Waals surface area contributed by atoms with Gasteiger partial charge in [-0.05, 0) is 49.1 Å². The third-order valence-corrected chi connectivity index (χ3v) is 6.38. The minimum atomic E-state index is -0.206. The second kappa shape index (κ2) is 10.4. The van der Waals surface area contributed by atoms with Crippen LogP contribution in [0.15, 0.2) is 30.3 Å². The van der Waals surface area contributed by atoms with Gasteiger partial charge in [-0.15, -0.1) is 0 Å². The van der Waals surface area contributed by atoms with Crippen LogP contribution in [0.2, 0.25) is 0 Å². The van der Waals surface area contributed by atoms with E-state index in [1.807, 2.05) is 32.9 Å². The van der Waals surface area contributed by atoms with Crippen LogP contribution in [0.1, 0.15) is 27.8 Å². The molecule has 0 atom stereocenters. The molecule has 33 heavy (non-hydrogen) atoms. The molecule has 176 valence electrons. The average Bonchev–Trinajstić information content (AvgIpc) is 3.24. The van der Waals surface area contributed by atoms with E-state index in [0.29, 0.717) is 6.54 Å². The fourth-order valence-corrected chi connectivity index (χ4v) is 4.70. The predicted molar refractivity (Wildman–Crippen MR) is 130 cm³/mol. The second-order valence-electron chi connectivity index (χ2n) is 9.19. The lowest BCUT2D eigenvalue weighted by Gasteiger charge is -2.34. The van der Waals surface area contributed by atoms with Crippen molar-refractivity contribution in [3.63, 3.8) is 0 Å². The highest BCUT2D eigenvalue weighted by atomic mass is 16.5. The van der Waals surface area contributed by atoms with Crippen LogP contribution < -0.4 is 15.4 Å². The fourth-order valence-electron chi connectivity index (χ4n) is 4.70. The van der Waals surface area contributed by atoms with E-state index in [2.05, 4.69) is 38.6 Å². The van der Waals surface area contributed by atoms with Gasteiger partial charge in [0.25, 0.3) is 0 Å². The van der Waals surface area contributed by atoms with Crippen LogP contribution in [0.3, 0.4) is 0 Å². The molecular weight excluding hydrogens is 416 g/mol. The first kappa shape index (κ1) is 23.3. The standard InChI is InChI=1S/C26H34N4O3/c1-18-12-19(2)26(20(3)13-18)28-24(31)15-27-25(32)17-30-9-7-29(8-10-30)16-21-4-5-23-22(14-21)6-11-33-23/h4-5,12-14H,6-11,15-17H2,1-3H3,(H,27,32)(H,28,31). The van der Waals surface area contributed by atoms with E-state index in [0.717, 1.165) is 68.3 Å². The van der Waals surface area contributed by atoms with E-state index in [4.69, 9.17) is 4.74 Å². The third-order valence-electron chi connectivity index (χ3n) is 6.38. The highest BCUT2D eigenvalue weighted by Crippen LogP contribution is 2.26. The molecule has 2 aliphatic rings. The molecule has 2 aliphatic heterocycles. The molecule has 0 aromatic heterocycles. The van der Waals surface area contributed by atoms with Crippen molar-refractivity contribution in [3.8, 4) is 5.75 Å². The van der Waals surface area contributed by atoms with Crippen LogP contribution in [0.25, 0.3) is 0 Å². The summed E-state index contributed by atoms with van der Waals surface area (Å²) in [5.74, 6) is 0.699. The van der Waals surface area contributed by atoms with E-state index >= 15 is 0 Å². The Bertz CT molecular complexity index is 1010. The summed E-state index contributed by atoms with van der Waals surface area (Å²) in [6, 6.07) is 10.6. The van der Waals surface area contributed by atoms with Gasteiger partial charge < -0.3 is 15.4 Å². The summed E-state index contributed by atoms with van der Waals surface area (Å²) in [7, 11) is 0. The number of carbonyl (C=O) groups is 2. The molecule has 2 N–H and O–H groups in total. The maximum Gasteiger partial charge on any atom is 0.243 e. The number of anilines is 1. The number of hydrogen-bond acceptors (Lipinski definition) is 5. The molecule has 0 aliphatic carbocycles. The Hall–Kier alpha value is -2.90. The van der Waals surface area contributed by atoms with E-state index in [-0.39, 0.29) is 18.4 Å². The molecule has 7 heteroatoms. The van der Waals surface area contributed by atoms with E-state index in [9.17, 15) is 9.59 Å². The maximum atomic E-state index is 12.4. The molecular formula is C26H34N4O3. The Morgan fingerprint density at radius 2 is 1.64 bits per heavy atom. The molecule has 0 bridgehead atoms. The topological polar surface area (TPSA) is 73.9 Å². The number of piperazine rings is 1. The van der Waals surface area contributed by atoms with Crippen LogP contribution in [-0.4, -0.2) is 67.5 Å². The van der Waals surface area contributed by atoms with Gasteiger partial charge in [0.15, 0.2) is 0 Å². The van der Waals surface area contributed by atoms with Crippen LogP contribution in [0, 0.1) is 20.8 Å². The van der Waals surface area contributed by atoms with Crippen molar-refractivity contribution in [1.29, 1.82) is 0 Å². The Labute approximate surface area is 196 Å². The average molecular weight is 451 g/mol. The Morgan fingerprint density at radius 3 is 2.36 bits per heavy atom. The predicted octanol–water partition coefficient (Wildman–Crippen LogP) is 2.42. The van der Waals surface area contributed by atoms with E-state index < -0.39 is 0 Å². The van der Waals surface area contributed by atoms with Crippen molar-refractivity contribution in [1.82, 2.24) is 15.1 Å². The molecule has 0 unspecified atom stereocenters. The monoisotopic (exact) mass is 450 g/mol. The summed E-state index contributed by atoms with van der Waals surface area (Å²) in [6.45, 7) is 11.5. The lowest BCUT2D eigenvalue weighted by molar-refractivity contribution is -0.125. The van der Waals surface area contributed by atoms with Gasteiger partial charge in [0.05, 0.1) is 19.7 Å². The van der Waals surface area contributed by atoms with Gasteiger partial charge in [0, 0.05) is 44.8 Å². The number of amides is 2. The molecule has 0 saturated carbocycles. The molecule has 1 fully saturated rings. The zero-order valence-corrected chi connectivity index (χ0v) is 19.9. The molecule has 1 saturated heterocycles. The van der Waals surface area contributed by atoms with Crippen LogP contribution in [-0.2, 0) is 22.6 Å².